The zero-order valence-electron chi connectivity index (χ0n) is 13.4. The molecule has 0 saturated carbocycles. The Hall–Kier alpha value is -2.36. The van der Waals surface area contributed by atoms with E-state index in [1.54, 1.807) is 5.57 Å². The van der Waals surface area contributed by atoms with E-state index in [1.165, 1.54) is 25.7 Å². The summed E-state index contributed by atoms with van der Waals surface area (Å²) in [6, 6.07) is 8.01. The highest BCUT2D eigenvalue weighted by Gasteiger charge is 2.14. The van der Waals surface area contributed by atoms with Gasteiger partial charge in [-0.05, 0) is 51.2 Å². The summed E-state index contributed by atoms with van der Waals surface area (Å²) in [5.74, 6) is 1.57. The molecule has 2 aromatic heterocycles. The number of fused-ring (bicyclic) bond motifs is 3. The Morgan fingerprint density at radius 2 is 2.09 bits per heavy atom. The Morgan fingerprint density at radius 1 is 1.17 bits per heavy atom. The van der Waals surface area contributed by atoms with Crippen molar-refractivity contribution in [2.45, 2.75) is 39.0 Å². The van der Waals surface area contributed by atoms with Crippen molar-refractivity contribution < 1.29 is 4.42 Å². The number of anilines is 1. The van der Waals surface area contributed by atoms with E-state index in [-0.39, 0.29) is 0 Å². The van der Waals surface area contributed by atoms with Gasteiger partial charge >= 0.3 is 0 Å². The Bertz CT molecular complexity index is 879. The number of furan rings is 1. The van der Waals surface area contributed by atoms with E-state index in [2.05, 4.69) is 21.4 Å². The van der Waals surface area contributed by atoms with Gasteiger partial charge in [-0.25, -0.2) is 9.97 Å². The third-order valence-corrected chi connectivity index (χ3v) is 4.46. The Morgan fingerprint density at radius 3 is 2.96 bits per heavy atom. The van der Waals surface area contributed by atoms with E-state index in [0.29, 0.717) is 0 Å². The van der Waals surface area contributed by atoms with Crippen LogP contribution in [0.4, 0.5) is 5.82 Å². The molecule has 4 heteroatoms. The Labute approximate surface area is 135 Å². The summed E-state index contributed by atoms with van der Waals surface area (Å²) in [6.45, 7) is 2.81. The molecule has 0 unspecified atom stereocenters. The van der Waals surface area contributed by atoms with Crippen LogP contribution < -0.4 is 5.32 Å². The van der Waals surface area contributed by atoms with Crippen molar-refractivity contribution in [3.05, 3.63) is 41.7 Å². The van der Waals surface area contributed by atoms with Gasteiger partial charge in [-0.2, -0.15) is 0 Å². The van der Waals surface area contributed by atoms with Crippen molar-refractivity contribution in [3.63, 3.8) is 0 Å². The van der Waals surface area contributed by atoms with E-state index in [0.717, 1.165) is 46.7 Å². The second-order valence-corrected chi connectivity index (χ2v) is 6.18. The number of hydrogen-bond acceptors (Lipinski definition) is 4. The lowest BCUT2D eigenvalue weighted by molar-refractivity contribution is 0.664. The number of para-hydroxylation sites is 1. The maximum absolute atomic E-state index is 5.98. The zero-order chi connectivity index (χ0) is 15.6. The topological polar surface area (TPSA) is 51.0 Å². The fourth-order valence-electron chi connectivity index (χ4n) is 3.30. The van der Waals surface area contributed by atoms with Gasteiger partial charge in [-0.15, -0.1) is 0 Å². The molecule has 3 aromatic rings. The molecule has 1 aliphatic carbocycles. The molecule has 1 aliphatic rings. The highest BCUT2D eigenvalue weighted by molar-refractivity contribution is 6.05. The molecule has 0 bridgehead atoms. The molecule has 4 nitrogen and oxygen atoms in total. The van der Waals surface area contributed by atoms with Crippen molar-refractivity contribution in [2.75, 3.05) is 11.9 Å². The molecule has 0 fully saturated rings. The van der Waals surface area contributed by atoms with E-state index in [4.69, 9.17) is 4.42 Å². The summed E-state index contributed by atoms with van der Waals surface area (Å²) >= 11 is 0. The second-order valence-electron chi connectivity index (χ2n) is 6.18. The van der Waals surface area contributed by atoms with Crippen molar-refractivity contribution in [1.29, 1.82) is 0 Å². The summed E-state index contributed by atoms with van der Waals surface area (Å²) < 4.78 is 5.98. The molecule has 1 N–H and O–H groups in total. The third-order valence-electron chi connectivity index (χ3n) is 4.46. The largest absolute Gasteiger partial charge is 0.450 e. The minimum Gasteiger partial charge on any atom is -0.450 e. The van der Waals surface area contributed by atoms with E-state index in [1.807, 2.05) is 31.2 Å². The molecule has 0 radical (unpaired) electrons. The predicted molar refractivity (Wildman–Crippen MR) is 93.7 cm³/mol. The maximum Gasteiger partial charge on any atom is 0.196 e. The van der Waals surface area contributed by atoms with Crippen LogP contribution in [0.2, 0.25) is 0 Å². The predicted octanol–water partition coefficient (Wildman–Crippen LogP) is 4.99. The minimum atomic E-state index is 0.759. The number of benzene rings is 1. The van der Waals surface area contributed by atoms with Crippen LogP contribution in [0, 0.1) is 6.92 Å². The quantitative estimate of drug-likeness (QED) is 0.690. The maximum atomic E-state index is 5.98. The molecule has 118 valence electrons. The van der Waals surface area contributed by atoms with Gasteiger partial charge in [0.2, 0.25) is 0 Å². The van der Waals surface area contributed by atoms with Crippen LogP contribution in [-0.4, -0.2) is 16.5 Å². The van der Waals surface area contributed by atoms with Gasteiger partial charge in [0.05, 0.1) is 0 Å². The van der Waals surface area contributed by atoms with Gasteiger partial charge in [-0.3, -0.25) is 0 Å². The van der Waals surface area contributed by atoms with Gasteiger partial charge < -0.3 is 9.73 Å². The van der Waals surface area contributed by atoms with Crippen molar-refractivity contribution in [1.82, 2.24) is 9.97 Å². The first-order valence-electron chi connectivity index (χ1n) is 8.39. The smallest absolute Gasteiger partial charge is 0.196 e. The lowest BCUT2D eigenvalue weighted by atomic mass is 9.97. The monoisotopic (exact) mass is 307 g/mol. The Balaban J connectivity index is 1.62. The number of allylic oxidation sites excluding steroid dienone is 1. The number of rotatable bonds is 4. The fourth-order valence-corrected chi connectivity index (χ4v) is 3.30. The summed E-state index contributed by atoms with van der Waals surface area (Å²) in [6.07, 6.45) is 8.60. The molecular weight excluding hydrogens is 286 g/mol. The SMILES string of the molecule is Cc1nc(NCCC2=CCCCC2)c2oc3ccccc3c2n1. The number of nitrogens with one attached hydrogen (secondary N) is 1. The van der Waals surface area contributed by atoms with E-state index in [9.17, 15) is 0 Å². The molecule has 2 heterocycles. The zero-order valence-corrected chi connectivity index (χ0v) is 13.4. The van der Waals surface area contributed by atoms with Crippen LogP contribution in [0.5, 0.6) is 0 Å². The number of aryl methyl sites for hydroxylation is 1. The van der Waals surface area contributed by atoms with Crippen LogP contribution >= 0.6 is 0 Å². The first-order chi connectivity index (χ1) is 11.3. The van der Waals surface area contributed by atoms with Crippen LogP contribution in [0.1, 0.15) is 37.9 Å². The van der Waals surface area contributed by atoms with Crippen LogP contribution in [0.15, 0.2) is 40.3 Å². The van der Waals surface area contributed by atoms with Gasteiger partial charge in [0.25, 0.3) is 0 Å². The normalized spacial score (nSPS) is 15.1. The summed E-state index contributed by atoms with van der Waals surface area (Å²) in [7, 11) is 0. The molecule has 1 aromatic carbocycles. The highest BCUT2D eigenvalue weighted by Crippen LogP contribution is 2.31. The van der Waals surface area contributed by atoms with Gasteiger partial charge in [0, 0.05) is 11.9 Å². The lowest BCUT2D eigenvalue weighted by Crippen LogP contribution is -2.07. The van der Waals surface area contributed by atoms with Crippen molar-refractivity contribution in [2.24, 2.45) is 0 Å². The summed E-state index contributed by atoms with van der Waals surface area (Å²) in [4.78, 5) is 9.11. The Kier molecular flexibility index (Phi) is 3.74. The molecular formula is C19H21N3O. The molecule has 23 heavy (non-hydrogen) atoms. The summed E-state index contributed by atoms with van der Waals surface area (Å²) in [5, 5.41) is 4.50. The van der Waals surface area contributed by atoms with Crippen LogP contribution in [0.25, 0.3) is 22.1 Å². The van der Waals surface area contributed by atoms with Crippen LogP contribution in [0.3, 0.4) is 0 Å². The molecule has 4 rings (SSSR count). The van der Waals surface area contributed by atoms with Crippen molar-refractivity contribution >= 4 is 27.9 Å². The molecule has 0 aliphatic heterocycles. The average molecular weight is 307 g/mol. The van der Waals surface area contributed by atoms with Crippen molar-refractivity contribution in [3.8, 4) is 0 Å². The number of aromatic nitrogens is 2. The number of nitrogens with zero attached hydrogens (tertiary/aromatic N) is 2. The lowest BCUT2D eigenvalue weighted by Gasteiger charge is -2.13. The fraction of sp³-hybridized carbons (Fsp3) is 0.368. The van der Waals surface area contributed by atoms with E-state index < -0.39 is 0 Å². The van der Waals surface area contributed by atoms with Gasteiger partial charge in [0.15, 0.2) is 11.4 Å². The molecule has 0 saturated heterocycles. The standard InChI is InChI=1S/C19H21N3O/c1-13-21-17-15-9-5-6-10-16(15)23-18(17)19(22-13)20-12-11-14-7-3-2-4-8-14/h5-7,9-10H,2-4,8,11-12H2,1H3,(H,20,21,22). The minimum absolute atomic E-state index is 0.759. The second kappa shape index (κ2) is 6.03. The van der Waals surface area contributed by atoms with Crippen LogP contribution in [-0.2, 0) is 0 Å². The molecule has 0 atom stereocenters. The molecule has 0 amide bonds. The van der Waals surface area contributed by atoms with Gasteiger partial charge in [0.1, 0.15) is 16.9 Å². The first kappa shape index (κ1) is 14.2. The average Bonchev–Trinajstić information content (AvgIpc) is 2.95. The first-order valence-corrected chi connectivity index (χ1v) is 8.39. The highest BCUT2D eigenvalue weighted by atomic mass is 16.3. The molecule has 0 spiro atoms. The van der Waals surface area contributed by atoms with E-state index >= 15 is 0 Å². The third kappa shape index (κ3) is 2.81. The summed E-state index contributed by atoms with van der Waals surface area (Å²) in [5.41, 5.74) is 4.08. The van der Waals surface area contributed by atoms with Gasteiger partial charge in [-0.1, -0.05) is 23.8 Å². The number of hydrogen-bond donors (Lipinski definition) is 1.